The zero-order chi connectivity index (χ0) is 20.0. The minimum Gasteiger partial charge on any atom is -0.332 e. The van der Waals surface area contributed by atoms with Crippen molar-refractivity contribution in [1.29, 1.82) is 0 Å². The monoisotopic (exact) mass is 380 g/mol. The Kier molecular flexibility index (Phi) is 8.23. The second-order valence-corrected chi connectivity index (χ2v) is 8.03. The topological polar surface area (TPSA) is 95.7 Å². The molecule has 0 aromatic rings. The molecule has 2 amide bonds. The average molecular weight is 381 g/mol. The summed E-state index contributed by atoms with van der Waals surface area (Å²) in [4.78, 5) is 42.3. The van der Waals surface area contributed by atoms with Crippen molar-refractivity contribution in [2.75, 3.05) is 33.2 Å². The molecule has 1 unspecified atom stereocenters. The molecule has 0 aromatic carbocycles. The maximum Gasteiger partial charge on any atom is 0.246 e. The van der Waals surface area contributed by atoms with Crippen LogP contribution in [0.2, 0.25) is 0 Å². The highest BCUT2D eigenvalue weighted by atomic mass is 16.2. The molecule has 3 N–H and O–H groups in total. The molecular formula is C20H36N4O3. The van der Waals surface area contributed by atoms with Gasteiger partial charge < -0.3 is 20.9 Å². The summed E-state index contributed by atoms with van der Waals surface area (Å²) < 4.78 is 0. The summed E-state index contributed by atoms with van der Waals surface area (Å²) in [6, 6.07) is -0.981. The van der Waals surface area contributed by atoms with Crippen LogP contribution in [0.1, 0.15) is 52.4 Å². The van der Waals surface area contributed by atoms with Crippen LogP contribution in [0.15, 0.2) is 0 Å². The van der Waals surface area contributed by atoms with Crippen molar-refractivity contribution in [2.45, 2.75) is 64.5 Å². The molecule has 2 aliphatic rings. The van der Waals surface area contributed by atoms with Crippen molar-refractivity contribution in [3.63, 3.8) is 0 Å². The molecule has 7 heteroatoms. The number of rotatable bonds is 9. The Morgan fingerprint density at radius 3 is 2.52 bits per heavy atom. The van der Waals surface area contributed by atoms with Gasteiger partial charge in [-0.15, -0.1) is 0 Å². The summed E-state index contributed by atoms with van der Waals surface area (Å²) in [6.45, 7) is 6.25. The van der Waals surface area contributed by atoms with Gasteiger partial charge in [-0.2, -0.15) is 0 Å². The summed E-state index contributed by atoms with van der Waals surface area (Å²) in [5, 5.41) is 3.28. The van der Waals surface area contributed by atoms with Crippen molar-refractivity contribution in [3.8, 4) is 0 Å². The van der Waals surface area contributed by atoms with E-state index in [1.165, 1.54) is 0 Å². The number of piperazine rings is 1. The van der Waals surface area contributed by atoms with E-state index in [1.807, 2.05) is 13.8 Å². The number of Topliss-reactive ketones (excluding diaryl/α,β-unsaturated/α-hetero) is 1. The lowest BCUT2D eigenvalue weighted by molar-refractivity contribution is -0.161. The molecular weight excluding hydrogens is 344 g/mol. The Labute approximate surface area is 163 Å². The van der Waals surface area contributed by atoms with Crippen LogP contribution in [0.4, 0.5) is 0 Å². The molecule has 2 fully saturated rings. The molecule has 0 spiro atoms. The van der Waals surface area contributed by atoms with E-state index >= 15 is 0 Å². The lowest BCUT2D eigenvalue weighted by Crippen LogP contribution is -2.64. The van der Waals surface area contributed by atoms with Crippen LogP contribution in [-0.4, -0.2) is 72.7 Å². The second-order valence-electron chi connectivity index (χ2n) is 8.03. The first kappa shape index (κ1) is 21.8. The number of unbranched alkanes of at least 4 members (excludes halogenated alkanes) is 1. The van der Waals surface area contributed by atoms with Crippen molar-refractivity contribution < 1.29 is 14.4 Å². The molecule has 2 aliphatic heterocycles. The predicted molar refractivity (Wildman–Crippen MR) is 105 cm³/mol. The molecule has 0 bridgehead atoms. The summed E-state index contributed by atoms with van der Waals surface area (Å²) in [5.41, 5.74) is 5.62. The lowest BCUT2D eigenvalue weighted by atomic mass is 9.85. The van der Waals surface area contributed by atoms with Crippen molar-refractivity contribution >= 4 is 17.6 Å². The largest absolute Gasteiger partial charge is 0.332 e. The molecule has 7 nitrogen and oxygen atoms in total. The molecule has 0 aromatic heterocycles. The van der Waals surface area contributed by atoms with Crippen molar-refractivity contribution in [3.05, 3.63) is 0 Å². The van der Waals surface area contributed by atoms with Gasteiger partial charge in [0.15, 0.2) is 5.78 Å². The maximum atomic E-state index is 13.3. The van der Waals surface area contributed by atoms with E-state index in [9.17, 15) is 14.4 Å². The summed E-state index contributed by atoms with van der Waals surface area (Å²) in [6.07, 6.45) is 4.62. The molecule has 2 rings (SSSR count). The molecule has 0 aliphatic carbocycles. The van der Waals surface area contributed by atoms with Gasteiger partial charge in [0.1, 0.15) is 12.6 Å². The Balaban J connectivity index is 2.24. The number of hydrogen-bond donors (Lipinski definition) is 2. The number of carbonyl (C=O) groups is 3. The number of carbonyl (C=O) groups excluding carboxylic acids is 3. The Morgan fingerprint density at radius 2 is 1.93 bits per heavy atom. The van der Waals surface area contributed by atoms with E-state index in [-0.39, 0.29) is 36.0 Å². The van der Waals surface area contributed by atoms with Crippen molar-refractivity contribution in [2.24, 2.45) is 17.6 Å². The summed E-state index contributed by atoms with van der Waals surface area (Å²) in [7, 11) is 1.70. The van der Waals surface area contributed by atoms with Gasteiger partial charge in [-0.05, 0) is 57.7 Å². The lowest BCUT2D eigenvalue weighted by Gasteiger charge is -2.44. The number of amides is 2. The quantitative estimate of drug-likeness (QED) is 0.576. The SMILES string of the molecule is CCC(C)[C@H]1C(=O)N([C@@H](CCCCN)C(=O)C2CCNCC2)CC(=O)N1C. The van der Waals surface area contributed by atoms with Gasteiger partial charge in [-0.25, -0.2) is 0 Å². The predicted octanol–water partition coefficient (Wildman–Crippen LogP) is 0.768. The van der Waals surface area contributed by atoms with Gasteiger partial charge in [-0.1, -0.05) is 20.3 Å². The van der Waals surface area contributed by atoms with E-state index in [2.05, 4.69) is 5.32 Å². The third-order valence-corrected chi connectivity index (χ3v) is 6.21. The van der Waals surface area contributed by atoms with Crippen LogP contribution in [-0.2, 0) is 14.4 Å². The molecule has 3 atom stereocenters. The minimum absolute atomic E-state index is 0.00622. The fourth-order valence-electron chi connectivity index (χ4n) is 4.25. The van der Waals surface area contributed by atoms with Gasteiger partial charge in [0, 0.05) is 13.0 Å². The first-order valence-electron chi connectivity index (χ1n) is 10.4. The molecule has 0 radical (unpaired) electrons. The summed E-state index contributed by atoms with van der Waals surface area (Å²) >= 11 is 0. The Hall–Kier alpha value is -1.47. The summed E-state index contributed by atoms with van der Waals surface area (Å²) in [5.74, 6) is 0.00195. The maximum absolute atomic E-state index is 13.3. The van der Waals surface area contributed by atoms with E-state index in [1.54, 1.807) is 16.8 Å². The number of likely N-dealkylation sites (N-methyl/N-ethyl adjacent to an activating group) is 1. The fourth-order valence-corrected chi connectivity index (χ4v) is 4.25. The smallest absolute Gasteiger partial charge is 0.246 e. The van der Waals surface area contributed by atoms with Crippen molar-refractivity contribution in [1.82, 2.24) is 15.1 Å². The number of ketones is 1. The molecule has 154 valence electrons. The Morgan fingerprint density at radius 1 is 1.26 bits per heavy atom. The first-order chi connectivity index (χ1) is 12.9. The van der Waals surface area contributed by atoms with E-state index < -0.39 is 12.1 Å². The van der Waals surface area contributed by atoms with Crippen LogP contribution < -0.4 is 11.1 Å². The average Bonchev–Trinajstić information content (AvgIpc) is 2.68. The third-order valence-electron chi connectivity index (χ3n) is 6.21. The fraction of sp³-hybridized carbons (Fsp3) is 0.850. The van der Waals surface area contributed by atoms with Gasteiger partial charge in [-0.3, -0.25) is 14.4 Å². The van der Waals surface area contributed by atoms with Gasteiger partial charge >= 0.3 is 0 Å². The zero-order valence-electron chi connectivity index (χ0n) is 17.1. The van der Waals surface area contributed by atoms with Crippen LogP contribution in [0, 0.1) is 11.8 Å². The highest BCUT2D eigenvalue weighted by Gasteiger charge is 2.44. The van der Waals surface area contributed by atoms with E-state index in [4.69, 9.17) is 5.73 Å². The molecule has 27 heavy (non-hydrogen) atoms. The van der Waals surface area contributed by atoms with Crippen LogP contribution in [0.3, 0.4) is 0 Å². The molecule has 2 saturated heterocycles. The van der Waals surface area contributed by atoms with Crippen LogP contribution in [0.5, 0.6) is 0 Å². The minimum atomic E-state index is -0.503. The highest BCUT2D eigenvalue weighted by Crippen LogP contribution is 2.27. The highest BCUT2D eigenvalue weighted by molar-refractivity contribution is 5.99. The number of hydrogen-bond acceptors (Lipinski definition) is 5. The second kappa shape index (κ2) is 10.2. The molecule has 2 heterocycles. The number of nitrogens with zero attached hydrogens (tertiary/aromatic N) is 2. The van der Waals surface area contributed by atoms with Gasteiger partial charge in [0.05, 0.1) is 6.04 Å². The van der Waals surface area contributed by atoms with Crippen LogP contribution in [0.25, 0.3) is 0 Å². The molecule has 0 saturated carbocycles. The number of nitrogens with two attached hydrogens (primary N) is 1. The standard InChI is InChI=1S/C20H36N4O3/c1-4-14(2)18-20(27)24(13-17(25)23(18)3)16(7-5-6-10-21)19(26)15-8-11-22-12-9-15/h14-16,18,22H,4-13,21H2,1-3H3/t14?,16-,18-/m0/s1. The Bertz CT molecular complexity index is 533. The van der Waals surface area contributed by atoms with E-state index in [0.717, 1.165) is 45.2 Å². The first-order valence-corrected chi connectivity index (χ1v) is 10.4. The normalized spacial score (nSPS) is 24.2. The van der Waals surface area contributed by atoms with Gasteiger partial charge in [0.2, 0.25) is 11.8 Å². The van der Waals surface area contributed by atoms with E-state index in [0.29, 0.717) is 13.0 Å². The number of nitrogens with one attached hydrogen (secondary N) is 1. The van der Waals surface area contributed by atoms with Crippen LogP contribution >= 0.6 is 0 Å². The number of piperidine rings is 1. The van der Waals surface area contributed by atoms with Gasteiger partial charge in [0.25, 0.3) is 0 Å². The third kappa shape index (κ3) is 5.08. The zero-order valence-corrected chi connectivity index (χ0v) is 17.1.